The van der Waals surface area contributed by atoms with Crippen LogP contribution in [0.4, 0.5) is 0 Å². The van der Waals surface area contributed by atoms with E-state index in [4.69, 9.17) is 0 Å². The Labute approximate surface area is 84.7 Å². The Kier molecular flexibility index (Phi) is 2.82. The quantitative estimate of drug-likeness (QED) is 0.767. The molecule has 1 aromatic heterocycles. The van der Waals surface area contributed by atoms with Gasteiger partial charge in [0.2, 0.25) is 0 Å². The lowest BCUT2D eigenvalue weighted by Crippen LogP contribution is -2.20. The summed E-state index contributed by atoms with van der Waals surface area (Å²) in [5.41, 5.74) is 0. The first kappa shape index (κ1) is 9.65. The second-order valence-corrected chi connectivity index (χ2v) is 4.14. The molecule has 2 rings (SSSR count). The van der Waals surface area contributed by atoms with Crippen molar-refractivity contribution in [2.24, 2.45) is 5.92 Å². The average molecular weight is 194 g/mol. The summed E-state index contributed by atoms with van der Waals surface area (Å²) >= 11 is 0. The van der Waals surface area contributed by atoms with E-state index < -0.39 is 0 Å². The molecule has 14 heavy (non-hydrogen) atoms. The molecule has 78 valence electrons. The molecule has 4 heteroatoms. The van der Waals surface area contributed by atoms with Crippen molar-refractivity contribution in [1.29, 1.82) is 0 Å². The lowest BCUT2D eigenvalue weighted by atomic mass is 10.0. The molecule has 0 saturated heterocycles. The molecule has 0 aliphatic carbocycles. The largest absolute Gasteiger partial charge is 0.319 e. The minimum atomic E-state index is 0.767. The number of fused-ring (bicyclic) bond motifs is 1. The van der Waals surface area contributed by atoms with E-state index in [1.165, 1.54) is 12.2 Å². The van der Waals surface area contributed by atoms with Gasteiger partial charge < -0.3 is 9.88 Å². The first-order valence-corrected chi connectivity index (χ1v) is 5.37. The number of nitrogens with zero attached hydrogens (tertiary/aromatic N) is 3. The molecule has 1 aromatic rings. The third-order valence-corrected chi connectivity index (χ3v) is 2.88. The number of nitrogens with one attached hydrogen (secondary N) is 1. The Morgan fingerprint density at radius 2 is 2.36 bits per heavy atom. The average Bonchev–Trinajstić information content (AvgIpc) is 2.57. The summed E-state index contributed by atoms with van der Waals surface area (Å²) in [7, 11) is 1.97. The third kappa shape index (κ3) is 1.80. The van der Waals surface area contributed by atoms with Crippen molar-refractivity contribution in [2.45, 2.75) is 32.7 Å². The topological polar surface area (TPSA) is 42.7 Å². The van der Waals surface area contributed by atoms with Crippen LogP contribution >= 0.6 is 0 Å². The molecule has 0 saturated carbocycles. The standard InChI is InChI=1S/C10H18N4/c1-8-4-6-14-9(3-5-11-2)12-13-10(14)7-8/h8,11H,3-7H2,1-2H3. The van der Waals surface area contributed by atoms with Crippen LogP contribution < -0.4 is 5.32 Å². The molecule has 1 N–H and O–H groups in total. The maximum absolute atomic E-state index is 4.25. The van der Waals surface area contributed by atoms with E-state index in [0.29, 0.717) is 0 Å². The van der Waals surface area contributed by atoms with E-state index in [1.54, 1.807) is 0 Å². The molecule has 0 fully saturated rings. The van der Waals surface area contributed by atoms with Crippen LogP contribution in [0.25, 0.3) is 0 Å². The fraction of sp³-hybridized carbons (Fsp3) is 0.800. The molecule has 0 amide bonds. The van der Waals surface area contributed by atoms with Gasteiger partial charge in [-0.1, -0.05) is 6.92 Å². The zero-order valence-corrected chi connectivity index (χ0v) is 8.95. The molecule has 0 aromatic carbocycles. The highest BCUT2D eigenvalue weighted by Crippen LogP contribution is 2.19. The highest BCUT2D eigenvalue weighted by Gasteiger charge is 2.19. The molecule has 0 spiro atoms. The summed E-state index contributed by atoms with van der Waals surface area (Å²) in [6, 6.07) is 0. The second kappa shape index (κ2) is 4.09. The van der Waals surface area contributed by atoms with Crippen molar-refractivity contribution >= 4 is 0 Å². The molecule has 1 aliphatic rings. The monoisotopic (exact) mass is 194 g/mol. The molecule has 1 aliphatic heterocycles. The van der Waals surface area contributed by atoms with E-state index in [0.717, 1.165) is 37.7 Å². The Morgan fingerprint density at radius 3 is 3.14 bits per heavy atom. The van der Waals surface area contributed by atoms with E-state index in [2.05, 4.69) is 27.0 Å². The summed E-state index contributed by atoms with van der Waals surface area (Å²) in [5, 5.41) is 11.6. The van der Waals surface area contributed by atoms with Gasteiger partial charge in [-0.3, -0.25) is 0 Å². The number of aromatic nitrogens is 3. The van der Waals surface area contributed by atoms with E-state index >= 15 is 0 Å². The van der Waals surface area contributed by atoms with E-state index in [9.17, 15) is 0 Å². The Bertz CT molecular complexity index is 305. The Morgan fingerprint density at radius 1 is 1.50 bits per heavy atom. The van der Waals surface area contributed by atoms with Crippen molar-refractivity contribution in [3.8, 4) is 0 Å². The van der Waals surface area contributed by atoms with E-state index in [1.807, 2.05) is 7.05 Å². The van der Waals surface area contributed by atoms with Crippen molar-refractivity contribution in [3.63, 3.8) is 0 Å². The van der Waals surface area contributed by atoms with Crippen LogP contribution in [0, 0.1) is 5.92 Å². The van der Waals surface area contributed by atoms with Crippen LogP contribution in [0.5, 0.6) is 0 Å². The molecule has 0 radical (unpaired) electrons. The zero-order chi connectivity index (χ0) is 9.97. The van der Waals surface area contributed by atoms with Gasteiger partial charge >= 0.3 is 0 Å². The molecule has 4 nitrogen and oxygen atoms in total. The molecule has 1 unspecified atom stereocenters. The molecular weight excluding hydrogens is 176 g/mol. The number of rotatable bonds is 3. The lowest BCUT2D eigenvalue weighted by Gasteiger charge is -2.20. The Hall–Kier alpha value is -0.900. The first-order chi connectivity index (χ1) is 6.81. The number of likely N-dealkylation sites (N-methyl/N-ethyl adjacent to an activating group) is 1. The zero-order valence-electron chi connectivity index (χ0n) is 8.95. The van der Waals surface area contributed by atoms with Gasteiger partial charge in [0.25, 0.3) is 0 Å². The Balaban J connectivity index is 2.12. The number of hydrogen-bond acceptors (Lipinski definition) is 3. The third-order valence-electron chi connectivity index (χ3n) is 2.88. The van der Waals surface area contributed by atoms with Gasteiger partial charge in [-0.15, -0.1) is 10.2 Å². The highest BCUT2D eigenvalue weighted by molar-refractivity contribution is 5.00. The molecule has 1 atom stereocenters. The van der Waals surface area contributed by atoms with Crippen LogP contribution in [0.3, 0.4) is 0 Å². The van der Waals surface area contributed by atoms with Crippen molar-refractivity contribution in [2.75, 3.05) is 13.6 Å². The minimum absolute atomic E-state index is 0.767. The van der Waals surface area contributed by atoms with Gasteiger partial charge in [0.05, 0.1) is 0 Å². The summed E-state index contributed by atoms with van der Waals surface area (Å²) in [6.45, 7) is 4.36. The fourth-order valence-electron chi connectivity index (χ4n) is 1.97. The smallest absolute Gasteiger partial charge is 0.134 e. The van der Waals surface area contributed by atoms with Gasteiger partial charge in [-0.2, -0.15) is 0 Å². The van der Waals surface area contributed by atoms with Crippen molar-refractivity contribution < 1.29 is 0 Å². The van der Waals surface area contributed by atoms with Crippen molar-refractivity contribution in [1.82, 2.24) is 20.1 Å². The predicted octanol–water partition coefficient (Wildman–Crippen LogP) is 0.622. The van der Waals surface area contributed by atoms with Gasteiger partial charge in [0.15, 0.2) is 0 Å². The van der Waals surface area contributed by atoms with Gasteiger partial charge in [-0.25, -0.2) is 0 Å². The normalized spacial score (nSPS) is 20.9. The van der Waals surface area contributed by atoms with Crippen molar-refractivity contribution in [3.05, 3.63) is 11.6 Å². The molecule has 2 heterocycles. The summed E-state index contributed by atoms with van der Waals surface area (Å²) in [5.74, 6) is 3.08. The first-order valence-electron chi connectivity index (χ1n) is 5.37. The predicted molar refractivity (Wildman–Crippen MR) is 55.1 cm³/mol. The SMILES string of the molecule is CNCCc1nnc2n1CCC(C)C2. The maximum Gasteiger partial charge on any atom is 0.134 e. The van der Waals surface area contributed by atoms with Gasteiger partial charge in [0, 0.05) is 25.9 Å². The van der Waals surface area contributed by atoms with Crippen LogP contribution in [0.1, 0.15) is 25.0 Å². The van der Waals surface area contributed by atoms with Gasteiger partial charge in [-0.05, 0) is 19.4 Å². The van der Waals surface area contributed by atoms with Crippen LogP contribution in [0.15, 0.2) is 0 Å². The lowest BCUT2D eigenvalue weighted by molar-refractivity contribution is 0.402. The summed E-state index contributed by atoms with van der Waals surface area (Å²) < 4.78 is 2.29. The van der Waals surface area contributed by atoms with Crippen LogP contribution in [-0.4, -0.2) is 28.4 Å². The van der Waals surface area contributed by atoms with Crippen LogP contribution in [0.2, 0.25) is 0 Å². The molecular formula is C10H18N4. The number of hydrogen-bond donors (Lipinski definition) is 1. The maximum atomic E-state index is 4.25. The summed E-state index contributed by atoms with van der Waals surface area (Å²) in [6.07, 6.45) is 3.34. The summed E-state index contributed by atoms with van der Waals surface area (Å²) in [4.78, 5) is 0. The van der Waals surface area contributed by atoms with Gasteiger partial charge in [0.1, 0.15) is 11.6 Å². The second-order valence-electron chi connectivity index (χ2n) is 4.14. The molecule has 0 bridgehead atoms. The fourth-order valence-corrected chi connectivity index (χ4v) is 1.97. The minimum Gasteiger partial charge on any atom is -0.319 e. The van der Waals surface area contributed by atoms with Crippen LogP contribution in [-0.2, 0) is 19.4 Å². The van der Waals surface area contributed by atoms with E-state index in [-0.39, 0.29) is 0 Å². The highest BCUT2D eigenvalue weighted by atomic mass is 15.3.